The lowest BCUT2D eigenvalue weighted by Gasteiger charge is -2.03. The summed E-state index contributed by atoms with van der Waals surface area (Å²) < 4.78 is 15.4. The third kappa shape index (κ3) is 3.64. The van der Waals surface area contributed by atoms with Crippen LogP contribution in [0.2, 0.25) is 0 Å². The predicted molar refractivity (Wildman–Crippen MR) is 71.4 cm³/mol. The highest BCUT2D eigenvalue weighted by molar-refractivity contribution is 7.98. The smallest absolute Gasteiger partial charge is 0.328 e. The number of carboxylic acids is 1. The Morgan fingerprint density at radius 3 is 2.95 bits per heavy atom. The highest BCUT2D eigenvalue weighted by Crippen LogP contribution is 2.22. The summed E-state index contributed by atoms with van der Waals surface area (Å²) in [5.41, 5.74) is 1.00. The lowest BCUT2D eigenvalue weighted by molar-refractivity contribution is -0.131. The Morgan fingerprint density at radius 1 is 1.55 bits per heavy atom. The molecule has 0 fully saturated rings. The second kappa shape index (κ2) is 6.29. The van der Waals surface area contributed by atoms with Crippen molar-refractivity contribution in [2.75, 3.05) is 0 Å². The summed E-state index contributed by atoms with van der Waals surface area (Å²) in [6, 6.07) is 4.57. The zero-order chi connectivity index (χ0) is 14.5. The zero-order valence-corrected chi connectivity index (χ0v) is 11.3. The molecule has 0 amide bonds. The molecule has 6 nitrogen and oxygen atoms in total. The number of benzene rings is 1. The number of hydrogen-bond acceptors (Lipinski definition) is 5. The van der Waals surface area contributed by atoms with Gasteiger partial charge in [0.25, 0.3) is 0 Å². The molecule has 1 N–H and O–H groups in total. The van der Waals surface area contributed by atoms with Crippen LogP contribution in [-0.4, -0.2) is 31.3 Å². The van der Waals surface area contributed by atoms with Crippen LogP contribution in [0.3, 0.4) is 0 Å². The van der Waals surface area contributed by atoms with Gasteiger partial charge < -0.3 is 5.11 Å². The minimum absolute atomic E-state index is 0.389. The number of rotatable bonds is 5. The van der Waals surface area contributed by atoms with Gasteiger partial charge in [-0.05, 0) is 33.7 Å². The van der Waals surface area contributed by atoms with Gasteiger partial charge in [-0.2, -0.15) is 0 Å². The van der Waals surface area contributed by atoms with Crippen LogP contribution in [-0.2, 0) is 17.6 Å². The number of carbonyl (C=O) groups is 1. The van der Waals surface area contributed by atoms with Crippen molar-refractivity contribution >= 4 is 23.8 Å². The quantitative estimate of drug-likeness (QED) is 0.668. The van der Waals surface area contributed by atoms with Crippen molar-refractivity contribution in [1.29, 1.82) is 0 Å². The molecule has 2 rings (SSSR count). The van der Waals surface area contributed by atoms with Crippen molar-refractivity contribution in [2.24, 2.45) is 7.05 Å². The molecule has 8 heteroatoms. The molecular weight excluding hydrogens is 283 g/mol. The van der Waals surface area contributed by atoms with E-state index in [1.165, 1.54) is 28.6 Å². The molecular formula is C12H11FN4O2S. The van der Waals surface area contributed by atoms with Crippen molar-refractivity contribution in [3.63, 3.8) is 0 Å². The first kappa shape index (κ1) is 14.2. The number of hydrogen-bond donors (Lipinski definition) is 1. The molecule has 1 aromatic carbocycles. The molecule has 0 unspecified atom stereocenters. The minimum atomic E-state index is -1.07. The van der Waals surface area contributed by atoms with Crippen molar-refractivity contribution in [1.82, 2.24) is 20.2 Å². The van der Waals surface area contributed by atoms with Gasteiger partial charge in [0.15, 0.2) is 0 Å². The van der Waals surface area contributed by atoms with Crippen LogP contribution in [0.15, 0.2) is 29.4 Å². The van der Waals surface area contributed by atoms with Crippen molar-refractivity contribution in [3.05, 3.63) is 41.2 Å². The largest absolute Gasteiger partial charge is 0.478 e. The van der Waals surface area contributed by atoms with Crippen LogP contribution in [0.1, 0.15) is 11.1 Å². The van der Waals surface area contributed by atoms with Crippen LogP contribution in [0, 0.1) is 5.82 Å². The lowest BCUT2D eigenvalue weighted by atomic mass is 10.1. The van der Waals surface area contributed by atoms with Gasteiger partial charge in [0.05, 0.1) is 0 Å². The van der Waals surface area contributed by atoms with Crippen LogP contribution in [0.4, 0.5) is 4.39 Å². The molecule has 104 valence electrons. The monoisotopic (exact) mass is 294 g/mol. The molecule has 20 heavy (non-hydrogen) atoms. The molecule has 0 aliphatic heterocycles. The normalized spacial score (nSPS) is 11.1. The van der Waals surface area contributed by atoms with E-state index >= 15 is 0 Å². The van der Waals surface area contributed by atoms with Gasteiger partial charge in [-0.25, -0.2) is 13.9 Å². The number of nitrogens with zero attached hydrogens (tertiary/aromatic N) is 4. The number of thioether (sulfide) groups is 1. The Balaban J connectivity index is 2.06. The minimum Gasteiger partial charge on any atom is -0.478 e. The first-order valence-electron chi connectivity index (χ1n) is 5.61. The lowest BCUT2D eigenvalue weighted by Crippen LogP contribution is -1.95. The van der Waals surface area contributed by atoms with Crippen molar-refractivity contribution < 1.29 is 14.3 Å². The second-order valence-corrected chi connectivity index (χ2v) is 4.84. The highest BCUT2D eigenvalue weighted by atomic mass is 32.2. The fourth-order valence-corrected chi connectivity index (χ4v) is 2.27. The Bertz CT molecular complexity index is 657. The SMILES string of the molecule is Cn1nnnc1SCc1ccc(C=CC(=O)O)cc1F. The second-order valence-electron chi connectivity index (χ2n) is 3.90. The van der Waals surface area contributed by atoms with Gasteiger partial charge >= 0.3 is 5.97 Å². The van der Waals surface area contributed by atoms with E-state index in [0.717, 1.165) is 6.08 Å². The number of carboxylic acid groups (broad SMARTS) is 1. The van der Waals surface area contributed by atoms with Crippen molar-refractivity contribution in [3.8, 4) is 0 Å². The standard InChI is InChI=1S/C12H11FN4O2S/c1-17-12(14-15-16-17)20-7-9-4-2-8(6-10(9)13)3-5-11(18)19/h2-6H,7H2,1H3,(H,18,19). The maximum absolute atomic E-state index is 13.9. The van der Waals surface area contributed by atoms with E-state index in [2.05, 4.69) is 15.5 Å². The van der Waals surface area contributed by atoms with E-state index in [0.29, 0.717) is 22.0 Å². The molecule has 0 saturated carbocycles. The number of halogens is 1. The average molecular weight is 294 g/mol. The molecule has 0 bridgehead atoms. The fraction of sp³-hybridized carbons (Fsp3) is 0.167. The molecule has 0 aliphatic carbocycles. The van der Waals surface area contributed by atoms with Gasteiger partial charge in [-0.1, -0.05) is 23.9 Å². The molecule has 1 aromatic heterocycles. The summed E-state index contributed by atoms with van der Waals surface area (Å²) in [4.78, 5) is 10.4. The van der Waals surface area contributed by atoms with Gasteiger partial charge in [0, 0.05) is 18.9 Å². The molecule has 0 radical (unpaired) electrons. The number of aliphatic carboxylic acids is 1. The number of tetrazole rings is 1. The first-order valence-corrected chi connectivity index (χ1v) is 6.59. The van der Waals surface area contributed by atoms with Crippen LogP contribution >= 0.6 is 11.8 Å². The third-order valence-corrected chi connectivity index (χ3v) is 3.49. The summed E-state index contributed by atoms with van der Waals surface area (Å²) in [7, 11) is 1.71. The summed E-state index contributed by atoms with van der Waals surface area (Å²) in [5.74, 6) is -1.07. The van der Waals surface area contributed by atoms with Gasteiger partial charge in [-0.3, -0.25) is 0 Å². The van der Waals surface area contributed by atoms with Crippen LogP contribution in [0.25, 0.3) is 6.08 Å². The molecule has 2 aromatic rings. The Labute approximate surface area is 118 Å². The van der Waals surface area contributed by atoms with Gasteiger partial charge in [-0.15, -0.1) is 5.10 Å². The van der Waals surface area contributed by atoms with Gasteiger partial charge in [0.2, 0.25) is 5.16 Å². The van der Waals surface area contributed by atoms with E-state index in [-0.39, 0.29) is 5.82 Å². The van der Waals surface area contributed by atoms with E-state index in [9.17, 15) is 9.18 Å². The summed E-state index contributed by atoms with van der Waals surface area (Å²) in [6.45, 7) is 0. The number of aromatic nitrogens is 4. The molecule has 0 spiro atoms. The molecule has 1 heterocycles. The highest BCUT2D eigenvalue weighted by Gasteiger charge is 2.07. The van der Waals surface area contributed by atoms with Gasteiger partial charge in [0.1, 0.15) is 5.82 Å². The fourth-order valence-electron chi connectivity index (χ4n) is 1.44. The van der Waals surface area contributed by atoms with E-state index < -0.39 is 5.97 Å². The molecule has 0 aliphatic rings. The number of aryl methyl sites for hydroxylation is 1. The maximum atomic E-state index is 13.9. The molecule has 0 atom stereocenters. The molecule has 0 saturated heterocycles. The summed E-state index contributed by atoms with van der Waals surface area (Å²) >= 11 is 1.32. The summed E-state index contributed by atoms with van der Waals surface area (Å²) in [6.07, 6.45) is 2.31. The maximum Gasteiger partial charge on any atom is 0.328 e. The van der Waals surface area contributed by atoms with E-state index in [4.69, 9.17) is 5.11 Å². The average Bonchev–Trinajstić information content (AvgIpc) is 2.81. The first-order chi connectivity index (χ1) is 9.56. The zero-order valence-electron chi connectivity index (χ0n) is 10.5. The van der Waals surface area contributed by atoms with Crippen LogP contribution in [0.5, 0.6) is 0 Å². The predicted octanol–water partition coefficient (Wildman–Crippen LogP) is 1.74. The Morgan fingerprint density at radius 2 is 2.35 bits per heavy atom. The van der Waals surface area contributed by atoms with E-state index in [1.807, 2.05) is 0 Å². The summed E-state index contributed by atoms with van der Waals surface area (Å²) in [5, 5.41) is 20.1. The van der Waals surface area contributed by atoms with Crippen molar-refractivity contribution in [2.45, 2.75) is 10.9 Å². The Kier molecular flexibility index (Phi) is 4.46. The third-order valence-electron chi connectivity index (χ3n) is 2.43. The Hall–Kier alpha value is -2.22. The topological polar surface area (TPSA) is 80.9 Å². The van der Waals surface area contributed by atoms with Crippen LogP contribution < -0.4 is 0 Å². The van der Waals surface area contributed by atoms with E-state index in [1.54, 1.807) is 19.2 Å².